The van der Waals surface area contributed by atoms with Crippen molar-refractivity contribution < 1.29 is 14.6 Å². The maximum atomic E-state index is 11.7. The van der Waals surface area contributed by atoms with Crippen molar-refractivity contribution >= 4 is 57.6 Å². The minimum absolute atomic E-state index is 0.106. The number of hydrazine groups is 1. The zero-order chi connectivity index (χ0) is 16.0. The number of aliphatic imine (C=N–C) groups is 1. The van der Waals surface area contributed by atoms with Gasteiger partial charge in [0.25, 0.3) is 0 Å². The lowest BCUT2D eigenvalue weighted by Gasteiger charge is -2.13. The van der Waals surface area contributed by atoms with Crippen molar-refractivity contribution in [2.24, 2.45) is 4.99 Å². The Labute approximate surface area is 138 Å². The first-order valence-electron chi connectivity index (χ1n) is 5.33. The number of thioether (sulfide) groups is 1. The second-order valence-electron chi connectivity index (χ2n) is 3.36. The molecule has 0 saturated heterocycles. The summed E-state index contributed by atoms with van der Waals surface area (Å²) in [6.45, 7) is 1.47. The summed E-state index contributed by atoms with van der Waals surface area (Å²) in [6.07, 6.45) is 1.84. The Morgan fingerprint density at radius 2 is 2.43 bits per heavy atom. The first-order valence-corrected chi connectivity index (χ1v) is 8.18. The predicted octanol–water partition coefficient (Wildman–Crippen LogP) is 3.23. The smallest absolute Gasteiger partial charge is 0.426 e. The Morgan fingerprint density at radius 1 is 1.76 bits per heavy atom. The van der Waals surface area contributed by atoms with Gasteiger partial charge in [0, 0.05) is 16.1 Å². The molecule has 0 aliphatic rings. The van der Waals surface area contributed by atoms with E-state index in [0.29, 0.717) is 9.34 Å². The Balaban J connectivity index is 2.91. The highest BCUT2D eigenvalue weighted by molar-refractivity contribution is 8.13. The molecular formula is C9H10Cl2N4O4S2. The van der Waals surface area contributed by atoms with Crippen LogP contribution in [0.1, 0.15) is 11.8 Å². The second-order valence-corrected chi connectivity index (χ2v) is 6.44. The Kier molecular flexibility index (Phi) is 7.15. The molecule has 21 heavy (non-hydrogen) atoms. The van der Waals surface area contributed by atoms with Gasteiger partial charge < -0.3 is 4.74 Å². The van der Waals surface area contributed by atoms with Crippen LogP contribution in [0.25, 0.3) is 0 Å². The van der Waals surface area contributed by atoms with E-state index in [1.807, 2.05) is 0 Å². The SMILES string of the molecule is CSC(=NCc1cnc(Cl)s1)N(C(=O)OC(C)Cl)[N+](=O)[O-]. The number of amidine groups is 1. The maximum Gasteiger partial charge on any atom is 0.476 e. The maximum absolute atomic E-state index is 11.7. The van der Waals surface area contributed by atoms with Crippen molar-refractivity contribution in [2.75, 3.05) is 6.26 Å². The number of carbonyl (C=O) groups excluding carboxylic acids is 1. The summed E-state index contributed by atoms with van der Waals surface area (Å²) >= 11 is 13.3. The number of hydrogen-bond acceptors (Lipinski definition) is 8. The van der Waals surface area contributed by atoms with Crippen LogP contribution >= 0.6 is 46.3 Å². The summed E-state index contributed by atoms with van der Waals surface area (Å²) in [5.41, 5.74) is -0.997. The third kappa shape index (κ3) is 5.65. The van der Waals surface area contributed by atoms with Crippen LogP contribution in [0, 0.1) is 10.1 Å². The molecule has 1 atom stereocenters. The van der Waals surface area contributed by atoms with Crippen LogP contribution in [0.3, 0.4) is 0 Å². The summed E-state index contributed by atoms with van der Waals surface area (Å²) < 4.78 is 4.94. The number of thiazole rings is 1. The highest BCUT2D eigenvalue weighted by Gasteiger charge is 2.33. The summed E-state index contributed by atoms with van der Waals surface area (Å²) in [7, 11) is 0. The molecule has 1 aromatic heterocycles. The molecule has 0 aromatic carbocycles. The number of rotatable bonds is 4. The molecule has 0 saturated carbocycles. The number of alkyl halides is 1. The molecule has 1 rings (SSSR count). The van der Waals surface area contributed by atoms with E-state index in [0.717, 1.165) is 11.8 Å². The van der Waals surface area contributed by atoms with Crippen molar-refractivity contribution in [1.82, 2.24) is 9.99 Å². The summed E-state index contributed by atoms with van der Waals surface area (Å²) in [5, 5.41) is 10.1. The number of aromatic nitrogens is 1. The second kappa shape index (κ2) is 8.37. The normalized spacial score (nSPS) is 12.9. The zero-order valence-corrected chi connectivity index (χ0v) is 14.0. The molecule has 12 heteroatoms. The van der Waals surface area contributed by atoms with Gasteiger partial charge in [0.05, 0.1) is 6.54 Å². The number of ether oxygens (including phenoxy) is 1. The molecular weight excluding hydrogens is 363 g/mol. The number of nitrogens with zero attached hydrogens (tertiary/aromatic N) is 4. The lowest BCUT2D eigenvalue weighted by molar-refractivity contribution is -0.609. The molecule has 0 aliphatic heterocycles. The molecule has 0 aliphatic carbocycles. The highest BCUT2D eigenvalue weighted by Crippen LogP contribution is 2.19. The molecule has 0 radical (unpaired) electrons. The van der Waals surface area contributed by atoms with Gasteiger partial charge in [-0.25, -0.2) is 19.9 Å². The molecule has 0 fully saturated rings. The molecule has 116 valence electrons. The van der Waals surface area contributed by atoms with Crippen LogP contribution in [-0.4, -0.2) is 38.1 Å². The van der Waals surface area contributed by atoms with Gasteiger partial charge in [-0.1, -0.05) is 35.0 Å². The first-order chi connectivity index (χ1) is 9.85. The number of amides is 1. The standard InChI is InChI=1S/C9H10Cl2N4O4S2/c1-5(10)19-9(16)14(15(17)18)8(20-2)13-4-6-3-12-7(11)21-6/h3,5H,4H2,1-2H3. The molecule has 0 spiro atoms. The van der Waals surface area contributed by atoms with Gasteiger partial charge in [-0.3, -0.25) is 4.99 Å². The fraction of sp³-hybridized carbons (Fsp3) is 0.444. The highest BCUT2D eigenvalue weighted by atomic mass is 35.5. The number of carbonyl (C=O) groups is 1. The molecule has 0 N–H and O–H groups in total. The van der Waals surface area contributed by atoms with E-state index in [4.69, 9.17) is 23.2 Å². The molecule has 1 aromatic rings. The molecule has 0 bridgehead atoms. The van der Waals surface area contributed by atoms with Gasteiger partial charge in [-0.05, 0) is 13.2 Å². The van der Waals surface area contributed by atoms with Crippen molar-refractivity contribution in [3.8, 4) is 0 Å². The zero-order valence-electron chi connectivity index (χ0n) is 10.9. The fourth-order valence-corrected chi connectivity index (χ4v) is 2.61. The van der Waals surface area contributed by atoms with E-state index in [9.17, 15) is 14.9 Å². The Morgan fingerprint density at radius 3 is 2.86 bits per heavy atom. The van der Waals surface area contributed by atoms with Crippen LogP contribution in [0.5, 0.6) is 0 Å². The van der Waals surface area contributed by atoms with Crippen LogP contribution in [0.2, 0.25) is 4.47 Å². The van der Waals surface area contributed by atoms with Crippen LogP contribution in [0.15, 0.2) is 11.2 Å². The summed E-state index contributed by atoms with van der Waals surface area (Å²) in [5.74, 6) is 0. The van der Waals surface area contributed by atoms with Crippen molar-refractivity contribution in [3.05, 3.63) is 25.7 Å². The quantitative estimate of drug-likeness (QED) is 0.264. The number of halogens is 2. The molecule has 1 heterocycles. The van der Waals surface area contributed by atoms with Crippen molar-refractivity contribution in [3.63, 3.8) is 0 Å². The minimum atomic E-state index is -1.21. The van der Waals surface area contributed by atoms with Crippen LogP contribution < -0.4 is 0 Å². The van der Waals surface area contributed by atoms with Crippen molar-refractivity contribution in [2.45, 2.75) is 19.0 Å². The van der Waals surface area contributed by atoms with Gasteiger partial charge in [0.2, 0.25) is 5.17 Å². The monoisotopic (exact) mass is 372 g/mol. The van der Waals surface area contributed by atoms with E-state index in [-0.39, 0.29) is 16.7 Å². The third-order valence-electron chi connectivity index (χ3n) is 1.86. The van der Waals surface area contributed by atoms with Crippen molar-refractivity contribution in [1.29, 1.82) is 0 Å². The summed E-state index contributed by atoms with van der Waals surface area (Å²) in [4.78, 5) is 31.2. The van der Waals surface area contributed by atoms with E-state index in [1.54, 1.807) is 6.26 Å². The van der Waals surface area contributed by atoms with E-state index >= 15 is 0 Å². The Bertz CT molecular complexity index is 552. The van der Waals surface area contributed by atoms with Crippen LogP contribution in [-0.2, 0) is 11.3 Å². The van der Waals surface area contributed by atoms with E-state index < -0.39 is 16.7 Å². The van der Waals surface area contributed by atoms with Gasteiger partial charge in [0.1, 0.15) is 0 Å². The van der Waals surface area contributed by atoms with Gasteiger partial charge >= 0.3 is 6.09 Å². The largest absolute Gasteiger partial charge is 0.476 e. The van der Waals surface area contributed by atoms with Gasteiger partial charge in [0.15, 0.2) is 15.1 Å². The van der Waals surface area contributed by atoms with E-state index in [1.165, 1.54) is 24.5 Å². The van der Waals surface area contributed by atoms with Gasteiger partial charge in [-0.15, -0.1) is 11.3 Å². The lowest BCUT2D eigenvalue weighted by atomic mass is 10.6. The van der Waals surface area contributed by atoms with Crippen LogP contribution in [0.4, 0.5) is 4.79 Å². The molecule has 1 amide bonds. The minimum Gasteiger partial charge on any atom is -0.426 e. The van der Waals surface area contributed by atoms with Gasteiger partial charge in [-0.2, -0.15) is 0 Å². The summed E-state index contributed by atoms with van der Waals surface area (Å²) in [6, 6.07) is 0. The molecule has 8 nitrogen and oxygen atoms in total. The average Bonchev–Trinajstić information content (AvgIpc) is 2.78. The number of nitro groups is 1. The predicted molar refractivity (Wildman–Crippen MR) is 82.4 cm³/mol. The lowest BCUT2D eigenvalue weighted by Crippen LogP contribution is -2.41. The number of hydrogen-bond donors (Lipinski definition) is 0. The fourth-order valence-electron chi connectivity index (χ4n) is 1.12. The third-order valence-corrected chi connectivity index (χ3v) is 3.71. The molecule has 1 unspecified atom stereocenters. The average molecular weight is 373 g/mol. The topological polar surface area (TPSA) is 97.9 Å². The van der Waals surface area contributed by atoms with E-state index in [2.05, 4.69) is 14.7 Å². The first kappa shape index (κ1) is 18.0. The Hall–Kier alpha value is -1.10.